The van der Waals surface area contributed by atoms with Gasteiger partial charge in [-0.05, 0) is 24.3 Å². The Kier molecular flexibility index (Phi) is 4.93. The van der Waals surface area contributed by atoms with Crippen molar-refractivity contribution in [2.75, 3.05) is 25.0 Å². The van der Waals surface area contributed by atoms with Gasteiger partial charge in [-0.2, -0.15) is 0 Å². The standard InChI is InChI=1S/C22H20FN3O2/c1-26-18(13-25-22(27)16-9-10-28-14-16)12-24-21(15-5-3-2-4-6-15)19-8-7-17(23)11-20(19)26/h2-11,14,18H,12-13H2,1H3,(H,25,27)/t18-/m1/s1. The minimum Gasteiger partial charge on any atom is -0.472 e. The van der Waals surface area contributed by atoms with E-state index in [-0.39, 0.29) is 17.8 Å². The number of nitrogens with zero attached hydrogens (tertiary/aromatic N) is 2. The van der Waals surface area contributed by atoms with Gasteiger partial charge in [0.05, 0.1) is 30.1 Å². The molecular weight excluding hydrogens is 357 g/mol. The molecular formula is C22H20FN3O2. The summed E-state index contributed by atoms with van der Waals surface area (Å²) in [4.78, 5) is 19.0. The summed E-state index contributed by atoms with van der Waals surface area (Å²) in [6.45, 7) is 0.852. The molecule has 3 aromatic rings. The molecule has 0 unspecified atom stereocenters. The van der Waals surface area contributed by atoms with Gasteiger partial charge in [0, 0.05) is 30.4 Å². The van der Waals surface area contributed by atoms with E-state index in [0.717, 1.165) is 22.5 Å². The molecule has 4 rings (SSSR count). The quantitative estimate of drug-likeness (QED) is 0.757. The first-order valence-corrected chi connectivity index (χ1v) is 9.06. The van der Waals surface area contributed by atoms with Crippen molar-refractivity contribution in [2.45, 2.75) is 6.04 Å². The topological polar surface area (TPSA) is 57.8 Å². The van der Waals surface area contributed by atoms with E-state index >= 15 is 0 Å². The molecule has 6 heteroatoms. The molecule has 28 heavy (non-hydrogen) atoms. The van der Waals surface area contributed by atoms with Crippen LogP contribution in [-0.2, 0) is 0 Å². The lowest BCUT2D eigenvalue weighted by molar-refractivity contribution is 0.0951. The van der Waals surface area contributed by atoms with Gasteiger partial charge in [0.2, 0.25) is 0 Å². The minimum atomic E-state index is -0.305. The monoisotopic (exact) mass is 377 g/mol. The Bertz CT molecular complexity index is 1000. The summed E-state index contributed by atoms with van der Waals surface area (Å²) in [5.41, 5.74) is 3.90. The molecule has 0 bridgehead atoms. The SMILES string of the molecule is CN1c2cc(F)ccc2C(c2ccccc2)=NC[C@@H]1CNC(=O)c1ccoc1. The van der Waals surface area contributed by atoms with E-state index in [0.29, 0.717) is 18.7 Å². The van der Waals surface area contributed by atoms with Gasteiger partial charge in [0.15, 0.2) is 0 Å². The zero-order chi connectivity index (χ0) is 19.5. The first kappa shape index (κ1) is 18.0. The van der Waals surface area contributed by atoms with Crippen LogP contribution in [0.1, 0.15) is 21.5 Å². The molecule has 142 valence electrons. The number of fused-ring (bicyclic) bond motifs is 1. The zero-order valence-electron chi connectivity index (χ0n) is 15.4. The van der Waals surface area contributed by atoms with Gasteiger partial charge in [-0.3, -0.25) is 9.79 Å². The number of amides is 1. The molecule has 1 aliphatic heterocycles. The number of nitrogens with one attached hydrogen (secondary N) is 1. The van der Waals surface area contributed by atoms with Crippen LogP contribution in [0.3, 0.4) is 0 Å². The molecule has 0 spiro atoms. The maximum atomic E-state index is 14.0. The smallest absolute Gasteiger partial charge is 0.254 e. The van der Waals surface area contributed by atoms with Crippen molar-refractivity contribution in [3.05, 3.63) is 89.6 Å². The van der Waals surface area contributed by atoms with Crippen molar-refractivity contribution in [3.8, 4) is 0 Å². The largest absolute Gasteiger partial charge is 0.472 e. The van der Waals surface area contributed by atoms with Crippen LogP contribution in [0.15, 0.2) is 76.5 Å². The molecule has 0 radical (unpaired) electrons. The number of rotatable bonds is 4. The Morgan fingerprint density at radius 1 is 1.25 bits per heavy atom. The van der Waals surface area contributed by atoms with Crippen LogP contribution in [0.2, 0.25) is 0 Å². The van der Waals surface area contributed by atoms with Crippen molar-refractivity contribution in [3.63, 3.8) is 0 Å². The number of benzene rings is 2. The Morgan fingerprint density at radius 3 is 2.82 bits per heavy atom. The van der Waals surface area contributed by atoms with Gasteiger partial charge < -0.3 is 14.6 Å². The molecule has 1 aliphatic rings. The Labute approximate surface area is 162 Å². The summed E-state index contributed by atoms with van der Waals surface area (Å²) in [5.74, 6) is -0.515. The van der Waals surface area contributed by atoms with Crippen molar-refractivity contribution in [1.82, 2.24) is 5.32 Å². The van der Waals surface area contributed by atoms with E-state index in [2.05, 4.69) is 5.32 Å². The number of carbonyl (C=O) groups excluding carboxylic acids is 1. The van der Waals surface area contributed by atoms with Crippen molar-refractivity contribution >= 4 is 17.3 Å². The lowest BCUT2D eigenvalue weighted by Gasteiger charge is -2.28. The predicted octanol–water partition coefficient (Wildman–Crippen LogP) is 3.50. The first-order chi connectivity index (χ1) is 13.6. The number of hydrogen-bond acceptors (Lipinski definition) is 4. The average molecular weight is 377 g/mol. The van der Waals surface area contributed by atoms with Gasteiger partial charge in [0.25, 0.3) is 5.91 Å². The number of benzodiazepines with no additional fused rings is 1. The number of halogens is 1. The average Bonchev–Trinajstić information content (AvgIpc) is 3.22. The van der Waals surface area contributed by atoms with Gasteiger partial charge in [-0.1, -0.05) is 30.3 Å². The predicted molar refractivity (Wildman–Crippen MR) is 107 cm³/mol. The highest BCUT2D eigenvalue weighted by Crippen LogP contribution is 2.28. The van der Waals surface area contributed by atoms with E-state index < -0.39 is 0 Å². The fourth-order valence-electron chi connectivity index (χ4n) is 3.35. The number of anilines is 1. The van der Waals surface area contributed by atoms with E-state index in [1.807, 2.05) is 42.3 Å². The van der Waals surface area contributed by atoms with E-state index in [9.17, 15) is 9.18 Å². The number of hydrogen-bond donors (Lipinski definition) is 1. The van der Waals surface area contributed by atoms with Crippen LogP contribution < -0.4 is 10.2 Å². The lowest BCUT2D eigenvalue weighted by Crippen LogP contribution is -2.43. The van der Waals surface area contributed by atoms with Crippen LogP contribution in [0.4, 0.5) is 10.1 Å². The Balaban J connectivity index is 1.64. The summed E-state index contributed by atoms with van der Waals surface area (Å²) in [6.07, 6.45) is 2.87. The van der Waals surface area contributed by atoms with Gasteiger partial charge in [-0.25, -0.2) is 4.39 Å². The third-order valence-corrected chi connectivity index (χ3v) is 4.93. The van der Waals surface area contributed by atoms with Gasteiger partial charge in [0.1, 0.15) is 12.1 Å². The summed E-state index contributed by atoms with van der Waals surface area (Å²) < 4.78 is 19.0. The van der Waals surface area contributed by atoms with Crippen molar-refractivity contribution in [2.24, 2.45) is 4.99 Å². The Morgan fingerprint density at radius 2 is 2.07 bits per heavy atom. The van der Waals surface area contributed by atoms with E-state index in [1.54, 1.807) is 12.1 Å². The van der Waals surface area contributed by atoms with Crippen LogP contribution in [0, 0.1) is 5.82 Å². The molecule has 0 fully saturated rings. The van der Waals surface area contributed by atoms with Crippen molar-refractivity contribution in [1.29, 1.82) is 0 Å². The summed E-state index contributed by atoms with van der Waals surface area (Å²) in [7, 11) is 1.90. The molecule has 1 N–H and O–H groups in total. The summed E-state index contributed by atoms with van der Waals surface area (Å²) in [6, 6.07) is 16.1. The third kappa shape index (κ3) is 3.53. The van der Waals surface area contributed by atoms with Crippen LogP contribution in [0.25, 0.3) is 0 Å². The summed E-state index contributed by atoms with van der Waals surface area (Å²) >= 11 is 0. The molecule has 5 nitrogen and oxygen atoms in total. The molecule has 2 heterocycles. The highest BCUT2D eigenvalue weighted by atomic mass is 19.1. The maximum Gasteiger partial charge on any atom is 0.254 e. The number of carbonyl (C=O) groups is 1. The molecule has 2 aromatic carbocycles. The van der Waals surface area contributed by atoms with Crippen LogP contribution >= 0.6 is 0 Å². The third-order valence-electron chi connectivity index (χ3n) is 4.93. The fraction of sp³-hybridized carbons (Fsp3) is 0.182. The van der Waals surface area contributed by atoms with Crippen LogP contribution in [-0.4, -0.2) is 37.8 Å². The molecule has 1 amide bonds. The first-order valence-electron chi connectivity index (χ1n) is 9.06. The van der Waals surface area contributed by atoms with Crippen molar-refractivity contribution < 1.29 is 13.6 Å². The fourth-order valence-corrected chi connectivity index (χ4v) is 3.35. The lowest BCUT2D eigenvalue weighted by atomic mass is 10.00. The van der Waals surface area contributed by atoms with Crippen LogP contribution in [0.5, 0.6) is 0 Å². The van der Waals surface area contributed by atoms with Gasteiger partial charge >= 0.3 is 0 Å². The highest BCUT2D eigenvalue weighted by Gasteiger charge is 2.25. The number of aliphatic imine (C=N–C) groups is 1. The van der Waals surface area contributed by atoms with Gasteiger partial charge in [-0.15, -0.1) is 0 Å². The molecule has 0 saturated carbocycles. The maximum absolute atomic E-state index is 14.0. The summed E-state index contributed by atoms with van der Waals surface area (Å²) in [5, 5.41) is 2.91. The van der Waals surface area contributed by atoms with E-state index in [1.165, 1.54) is 24.7 Å². The number of furan rings is 1. The zero-order valence-corrected chi connectivity index (χ0v) is 15.4. The van der Waals surface area contributed by atoms with E-state index in [4.69, 9.17) is 9.41 Å². The second-order valence-electron chi connectivity index (χ2n) is 6.70. The molecule has 1 aromatic heterocycles. The minimum absolute atomic E-state index is 0.113. The molecule has 0 aliphatic carbocycles. The normalized spacial score (nSPS) is 16.1. The molecule has 0 saturated heterocycles. The Hall–Kier alpha value is -3.41. The second-order valence-corrected chi connectivity index (χ2v) is 6.70. The second kappa shape index (κ2) is 7.68. The molecule has 1 atom stereocenters. The highest BCUT2D eigenvalue weighted by molar-refractivity contribution is 6.16. The number of likely N-dealkylation sites (N-methyl/N-ethyl adjacent to an activating group) is 1.